The number of esters is 1. The Bertz CT molecular complexity index is 1020. The van der Waals surface area contributed by atoms with Crippen LogP contribution >= 0.6 is 0 Å². The number of hydrogen-bond acceptors (Lipinski definition) is 7. The maximum atomic E-state index is 12.6. The molecule has 0 radical (unpaired) electrons. The second kappa shape index (κ2) is 10.9. The van der Waals surface area contributed by atoms with Crippen LogP contribution < -0.4 is 5.32 Å². The number of carbonyl (C=O) groups excluding carboxylic acids is 2. The number of carbonyl (C=O) groups is 3. The molecule has 1 amide bonds. The van der Waals surface area contributed by atoms with Crippen LogP contribution in [0.5, 0.6) is 11.5 Å². The van der Waals surface area contributed by atoms with Gasteiger partial charge in [-0.1, -0.05) is 31.2 Å². The molecule has 9 heteroatoms. The fraction of sp³-hybridized carbons (Fsp3) is 0.400. The van der Waals surface area contributed by atoms with Crippen molar-refractivity contribution >= 4 is 18.0 Å². The quantitative estimate of drug-likeness (QED) is 0.332. The summed E-state index contributed by atoms with van der Waals surface area (Å²) in [6.07, 6.45) is -1.72. The van der Waals surface area contributed by atoms with Crippen LogP contribution in [0, 0.1) is 5.92 Å². The normalized spacial score (nSPS) is 14.9. The van der Waals surface area contributed by atoms with Gasteiger partial charge >= 0.3 is 18.0 Å². The second-order valence-electron chi connectivity index (χ2n) is 9.07. The molecule has 0 aliphatic heterocycles. The number of phenols is 2. The first kappa shape index (κ1) is 26.5. The lowest BCUT2D eigenvalue weighted by Crippen LogP contribution is -2.49. The van der Waals surface area contributed by atoms with Gasteiger partial charge in [0.05, 0.1) is 5.56 Å². The van der Waals surface area contributed by atoms with Crippen LogP contribution in [0.4, 0.5) is 4.79 Å². The number of phenolic OH excluding ortho intramolecular Hbond substituents is 2. The van der Waals surface area contributed by atoms with Gasteiger partial charge in [0, 0.05) is 11.8 Å². The SMILES string of the molecule is CC(OC(=O)c1ccccc1)C(C)C(c1ccc(O)c(O)c1)[C@@H](NC(=O)OC(C)(C)C)C(=O)O. The maximum absolute atomic E-state index is 12.6. The molecule has 0 aliphatic rings. The summed E-state index contributed by atoms with van der Waals surface area (Å²) in [5.41, 5.74) is -0.209. The number of aromatic hydroxyl groups is 2. The molecule has 3 unspecified atom stereocenters. The molecule has 2 rings (SSSR count). The Labute approximate surface area is 198 Å². The van der Waals surface area contributed by atoms with Crippen molar-refractivity contribution in [2.24, 2.45) is 5.92 Å². The van der Waals surface area contributed by atoms with Crippen molar-refractivity contribution < 1.29 is 39.2 Å². The molecule has 4 atom stereocenters. The molecule has 0 fully saturated rings. The highest BCUT2D eigenvalue weighted by atomic mass is 16.6. The van der Waals surface area contributed by atoms with Gasteiger partial charge in [0.2, 0.25) is 0 Å². The van der Waals surface area contributed by atoms with Crippen molar-refractivity contribution in [3.05, 3.63) is 59.7 Å². The number of amides is 1. The largest absolute Gasteiger partial charge is 0.504 e. The van der Waals surface area contributed by atoms with Gasteiger partial charge < -0.3 is 30.1 Å². The molecular weight excluding hydrogens is 442 g/mol. The number of nitrogens with one attached hydrogen (secondary N) is 1. The molecular formula is C25H31NO8. The first-order valence-electron chi connectivity index (χ1n) is 10.8. The van der Waals surface area contributed by atoms with Crippen LogP contribution in [0.15, 0.2) is 48.5 Å². The van der Waals surface area contributed by atoms with E-state index >= 15 is 0 Å². The number of carboxylic acid groups (broad SMARTS) is 1. The number of hydrogen-bond donors (Lipinski definition) is 4. The van der Waals surface area contributed by atoms with E-state index in [4.69, 9.17) is 9.47 Å². The van der Waals surface area contributed by atoms with Gasteiger partial charge in [-0.2, -0.15) is 0 Å². The predicted octanol–water partition coefficient (Wildman–Crippen LogP) is 4.04. The summed E-state index contributed by atoms with van der Waals surface area (Å²) in [4.78, 5) is 37.2. The van der Waals surface area contributed by atoms with Crippen molar-refractivity contribution in [1.29, 1.82) is 0 Å². The minimum absolute atomic E-state index is 0.314. The van der Waals surface area contributed by atoms with Crippen LogP contribution in [0.25, 0.3) is 0 Å². The maximum Gasteiger partial charge on any atom is 0.408 e. The fourth-order valence-corrected chi connectivity index (χ4v) is 3.50. The predicted molar refractivity (Wildman–Crippen MR) is 124 cm³/mol. The Hall–Kier alpha value is -3.75. The molecule has 34 heavy (non-hydrogen) atoms. The average Bonchev–Trinajstić information content (AvgIpc) is 2.74. The van der Waals surface area contributed by atoms with Crippen LogP contribution in [-0.2, 0) is 14.3 Å². The van der Waals surface area contributed by atoms with E-state index in [0.717, 1.165) is 0 Å². The van der Waals surface area contributed by atoms with Crippen molar-refractivity contribution in [2.75, 3.05) is 0 Å². The van der Waals surface area contributed by atoms with Gasteiger partial charge in [-0.25, -0.2) is 14.4 Å². The van der Waals surface area contributed by atoms with Crippen molar-refractivity contribution in [3.8, 4) is 11.5 Å². The zero-order chi connectivity index (χ0) is 25.6. The summed E-state index contributed by atoms with van der Waals surface area (Å²) < 4.78 is 10.8. The summed E-state index contributed by atoms with van der Waals surface area (Å²) >= 11 is 0. The third-order valence-electron chi connectivity index (χ3n) is 5.29. The lowest BCUT2D eigenvalue weighted by Gasteiger charge is -2.34. The molecule has 0 aliphatic carbocycles. The molecule has 4 N–H and O–H groups in total. The van der Waals surface area contributed by atoms with Gasteiger partial charge in [0.25, 0.3) is 0 Å². The lowest BCUT2D eigenvalue weighted by atomic mass is 9.78. The van der Waals surface area contributed by atoms with E-state index in [2.05, 4.69) is 5.32 Å². The standard InChI is InChI=1S/C25H31NO8/c1-14(15(2)33-23(31)16-9-7-6-8-10-16)20(17-11-12-18(27)19(28)13-17)21(22(29)30)26-24(32)34-25(3,4)5/h6-15,20-21,27-28H,1-5H3,(H,26,32)(H,29,30)/t14?,15?,20?,21-/m1/s1. The monoisotopic (exact) mass is 473 g/mol. The van der Waals surface area contributed by atoms with E-state index in [9.17, 15) is 29.7 Å². The van der Waals surface area contributed by atoms with E-state index < -0.39 is 53.4 Å². The molecule has 2 aromatic rings. The van der Waals surface area contributed by atoms with Gasteiger partial charge in [0.15, 0.2) is 11.5 Å². The van der Waals surface area contributed by atoms with E-state index in [1.807, 2.05) is 0 Å². The number of alkyl carbamates (subject to hydrolysis) is 1. The Morgan fingerprint density at radius 3 is 2.09 bits per heavy atom. The highest BCUT2D eigenvalue weighted by molar-refractivity contribution is 5.89. The van der Waals surface area contributed by atoms with E-state index in [1.165, 1.54) is 18.2 Å². The first-order chi connectivity index (χ1) is 15.8. The zero-order valence-electron chi connectivity index (χ0n) is 19.8. The zero-order valence-corrected chi connectivity index (χ0v) is 19.8. The molecule has 2 aromatic carbocycles. The molecule has 0 spiro atoms. The first-order valence-corrected chi connectivity index (χ1v) is 10.8. The molecule has 0 saturated carbocycles. The van der Waals surface area contributed by atoms with Crippen LogP contribution in [0.1, 0.15) is 56.5 Å². The highest BCUT2D eigenvalue weighted by Crippen LogP contribution is 2.36. The fourth-order valence-electron chi connectivity index (χ4n) is 3.50. The van der Waals surface area contributed by atoms with Crippen molar-refractivity contribution in [3.63, 3.8) is 0 Å². The number of aliphatic carboxylic acids is 1. The smallest absolute Gasteiger partial charge is 0.408 e. The Morgan fingerprint density at radius 2 is 1.56 bits per heavy atom. The molecule has 0 bridgehead atoms. The summed E-state index contributed by atoms with van der Waals surface area (Å²) in [6, 6.07) is 10.7. The average molecular weight is 474 g/mol. The van der Waals surface area contributed by atoms with Crippen molar-refractivity contribution in [1.82, 2.24) is 5.32 Å². The van der Waals surface area contributed by atoms with E-state index in [-0.39, 0.29) is 5.75 Å². The Kier molecular flexibility index (Phi) is 8.51. The Morgan fingerprint density at radius 1 is 0.941 bits per heavy atom. The summed E-state index contributed by atoms with van der Waals surface area (Å²) in [5.74, 6) is -4.38. The van der Waals surface area contributed by atoms with Crippen LogP contribution in [-0.4, -0.2) is 51.1 Å². The number of rotatable bonds is 8. The molecule has 184 valence electrons. The van der Waals surface area contributed by atoms with Crippen LogP contribution in [0.3, 0.4) is 0 Å². The summed E-state index contributed by atoms with van der Waals surface area (Å²) in [7, 11) is 0. The third kappa shape index (κ3) is 7.13. The Balaban J connectivity index is 2.40. The number of carboxylic acids is 1. The topological polar surface area (TPSA) is 142 Å². The van der Waals surface area contributed by atoms with Gasteiger partial charge in [0.1, 0.15) is 17.7 Å². The minimum Gasteiger partial charge on any atom is -0.504 e. The van der Waals surface area contributed by atoms with Gasteiger partial charge in [-0.3, -0.25) is 0 Å². The van der Waals surface area contributed by atoms with Gasteiger partial charge in [-0.15, -0.1) is 0 Å². The molecule has 0 heterocycles. The molecule has 0 aromatic heterocycles. The second-order valence-corrected chi connectivity index (χ2v) is 9.07. The highest BCUT2D eigenvalue weighted by Gasteiger charge is 2.39. The third-order valence-corrected chi connectivity index (χ3v) is 5.29. The minimum atomic E-state index is -1.49. The molecule has 9 nitrogen and oxygen atoms in total. The van der Waals surface area contributed by atoms with Gasteiger partial charge in [-0.05, 0) is 57.5 Å². The number of ether oxygens (including phenoxy) is 2. The van der Waals surface area contributed by atoms with E-state index in [1.54, 1.807) is 65.0 Å². The van der Waals surface area contributed by atoms with E-state index in [0.29, 0.717) is 11.1 Å². The lowest BCUT2D eigenvalue weighted by molar-refractivity contribution is -0.140. The summed E-state index contributed by atoms with van der Waals surface area (Å²) in [5, 5.41) is 32.1. The van der Waals surface area contributed by atoms with Crippen molar-refractivity contribution in [2.45, 2.75) is 58.3 Å². The van der Waals surface area contributed by atoms with Crippen LogP contribution in [0.2, 0.25) is 0 Å². The number of benzene rings is 2. The molecule has 0 saturated heterocycles. The summed E-state index contributed by atoms with van der Waals surface area (Å²) in [6.45, 7) is 8.22.